The summed E-state index contributed by atoms with van der Waals surface area (Å²) in [4.78, 5) is 25.7. The van der Waals surface area contributed by atoms with Gasteiger partial charge in [0.1, 0.15) is 0 Å². The number of nitrogens with zero attached hydrogens (tertiary/aromatic N) is 1. The Morgan fingerprint density at radius 1 is 1.30 bits per heavy atom. The standard InChI is InChI=1S/C16H24N2O2/c19-14-11-16(12-17-14)6-8-18(9-7-16)15(20)10-13-4-2-1-3-5-13/h4H,1-3,5-12H2,(H,17,19). The monoisotopic (exact) mass is 276 g/mol. The van der Waals surface area contributed by atoms with Gasteiger partial charge in [0.25, 0.3) is 0 Å². The molecule has 0 saturated carbocycles. The summed E-state index contributed by atoms with van der Waals surface area (Å²) in [5.74, 6) is 0.461. The third kappa shape index (κ3) is 2.89. The van der Waals surface area contributed by atoms with Gasteiger partial charge in [-0.25, -0.2) is 0 Å². The normalized spacial score (nSPS) is 25.5. The van der Waals surface area contributed by atoms with Crippen molar-refractivity contribution in [2.75, 3.05) is 19.6 Å². The predicted octanol–water partition coefficient (Wildman–Crippen LogP) is 2.01. The van der Waals surface area contributed by atoms with Crippen LogP contribution in [0.1, 0.15) is 51.4 Å². The molecule has 0 aromatic heterocycles. The molecule has 0 atom stereocenters. The molecule has 2 heterocycles. The lowest BCUT2D eigenvalue weighted by Gasteiger charge is -2.38. The number of amides is 2. The first-order valence-electron chi connectivity index (χ1n) is 7.89. The Labute approximate surface area is 120 Å². The van der Waals surface area contributed by atoms with Gasteiger partial charge in [-0.1, -0.05) is 11.6 Å². The van der Waals surface area contributed by atoms with Crippen LogP contribution < -0.4 is 5.32 Å². The van der Waals surface area contributed by atoms with E-state index in [2.05, 4.69) is 11.4 Å². The van der Waals surface area contributed by atoms with Crippen LogP contribution in [0.5, 0.6) is 0 Å². The Balaban J connectivity index is 1.51. The van der Waals surface area contributed by atoms with E-state index in [1.54, 1.807) is 0 Å². The molecule has 4 nitrogen and oxygen atoms in total. The maximum Gasteiger partial charge on any atom is 0.226 e. The minimum Gasteiger partial charge on any atom is -0.356 e. The molecule has 1 aliphatic carbocycles. The molecule has 3 aliphatic rings. The SMILES string of the molecule is O=C1CC2(CCN(C(=O)CC3=CCCCC3)CC2)CN1. The molecule has 0 unspecified atom stereocenters. The second-order valence-electron chi connectivity index (χ2n) is 6.62. The summed E-state index contributed by atoms with van der Waals surface area (Å²) >= 11 is 0. The van der Waals surface area contributed by atoms with Gasteiger partial charge in [0.15, 0.2) is 0 Å². The van der Waals surface area contributed by atoms with E-state index in [0.29, 0.717) is 12.8 Å². The number of hydrogen-bond acceptors (Lipinski definition) is 2. The lowest BCUT2D eigenvalue weighted by Crippen LogP contribution is -2.44. The molecular weight excluding hydrogens is 252 g/mol. The van der Waals surface area contributed by atoms with E-state index in [1.807, 2.05) is 4.90 Å². The van der Waals surface area contributed by atoms with Gasteiger partial charge in [0.2, 0.25) is 11.8 Å². The lowest BCUT2D eigenvalue weighted by atomic mass is 9.77. The third-order valence-corrected chi connectivity index (χ3v) is 5.14. The molecule has 1 spiro atoms. The highest BCUT2D eigenvalue weighted by Gasteiger charge is 2.41. The molecule has 0 radical (unpaired) electrons. The molecule has 1 N–H and O–H groups in total. The van der Waals surface area contributed by atoms with Gasteiger partial charge >= 0.3 is 0 Å². The Morgan fingerprint density at radius 2 is 2.10 bits per heavy atom. The average Bonchev–Trinajstić information content (AvgIpc) is 2.81. The maximum atomic E-state index is 12.3. The van der Waals surface area contributed by atoms with E-state index < -0.39 is 0 Å². The second-order valence-corrected chi connectivity index (χ2v) is 6.62. The molecule has 2 aliphatic heterocycles. The number of hydrogen-bond donors (Lipinski definition) is 1. The summed E-state index contributed by atoms with van der Waals surface area (Å²) in [7, 11) is 0. The first kappa shape index (κ1) is 13.7. The fraction of sp³-hybridized carbons (Fsp3) is 0.750. The number of carbonyl (C=O) groups is 2. The van der Waals surface area contributed by atoms with Crippen LogP contribution in [0.3, 0.4) is 0 Å². The highest BCUT2D eigenvalue weighted by Crippen LogP contribution is 2.37. The number of carbonyl (C=O) groups excluding carboxylic acids is 2. The van der Waals surface area contributed by atoms with Crippen molar-refractivity contribution >= 4 is 11.8 Å². The molecule has 2 amide bonds. The van der Waals surface area contributed by atoms with Crippen LogP contribution in [0.15, 0.2) is 11.6 Å². The van der Waals surface area contributed by atoms with Gasteiger partial charge in [-0.05, 0) is 43.9 Å². The van der Waals surface area contributed by atoms with E-state index >= 15 is 0 Å². The Morgan fingerprint density at radius 3 is 2.70 bits per heavy atom. The fourth-order valence-electron chi connectivity index (χ4n) is 3.71. The highest BCUT2D eigenvalue weighted by molar-refractivity contribution is 5.80. The van der Waals surface area contributed by atoms with Crippen molar-refractivity contribution in [3.8, 4) is 0 Å². The van der Waals surface area contributed by atoms with E-state index in [0.717, 1.165) is 45.3 Å². The molecule has 0 aromatic carbocycles. The minimum atomic E-state index is 0.137. The molecule has 0 aromatic rings. The zero-order chi connectivity index (χ0) is 14.0. The van der Waals surface area contributed by atoms with Gasteiger partial charge in [0.05, 0.1) is 0 Å². The zero-order valence-corrected chi connectivity index (χ0v) is 12.1. The molecule has 110 valence electrons. The number of nitrogens with one attached hydrogen (secondary N) is 1. The summed E-state index contributed by atoms with van der Waals surface area (Å²) in [6.45, 7) is 2.45. The number of rotatable bonds is 2. The van der Waals surface area contributed by atoms with Crippen LogP contribution in [0.25, 0.3) is 0 Å². The van der Waals surface area contributed by atoms with Crippen LogP contribution in [0.4, 0.5) is 0 Å². The summed E-state index contributed by atoms with van der Waals surface area (Å²) in [5.41, 5.74) is 1.47. The number of allylic oxidation sites excluding steroid dienone is 1. The highest BCUT2D eigenvalue weighted by atomic mass is 16.2. The fourth-order valence-corrected chi connectivity index (χ4v) is 3.71. The summed E-state index contributed by atoms with van der Waals surface area (Å²) in [6.07, 6.45) is 10.2. The molecule has 3 rings (SSSR count). The molecule has 2 saturated heterocycles. The van der Waals surface area contributed by atoms with Crippen LogP contribution >= 0.6 is 0 Å². The maximum absolute atomic E-state index is 12.3. The van der Waals surface area contributed by atoms with Gasteiger partial charge in [-0.3, -0.25) is 9.59 Å². The van der Waals surface area contributed by atoms with Crippen molar-refractivity contribution in [1.29, 1.82) is 0 Å². The number of piperidine rings is 1. The molecule has 4 heteroatoms. The topological polar surface area (TPSA) is 49.4 Å². The minimum absolute atomic E-state index is 0.137. The summed E-state index contributed by atoms with van der Waals surface area (Å²) < 4.78 is 0. The second kappa shape index (κ2) is 5.58. The third-order valence-electron chi connectivity index (χ3n) is 5.14. The zero-order valence-electron chi connectivity index (χ0n) is 12.1. The molecule has 20 heavy (non-hydrogen) atoms. The van der Waals surface area contributed by atoms with E-state index in [1.165, 1.54) is 18.4 Å². The molecule has 2 fully saturated rings. The molecule has 0 bridgehead atoms. The van der Waals surface area contributed by atoms with Crippen molar-refractivity contribution in [3.05, 3.63) is 11.6 Å². The van der Waals surface area contributed by atoms with Gasteiger partial charge in [0, 0.05) is 32.5 Å². The molecular formula is C16H24N2O2. The van der Waals surface area contributed by atoms with Crippen molar-refractivity contribution in [2.45, 2.75) is 51.4 Å². The van der Waals surface area contributed by atoms with Crippen molar-refractivity contribution in [1.82, 2.24) is 10.2 Å². The van der Waals surface area contributed by atoms with E-state index in [4.69, 9.17) is 0 Å². The van der Waals surface area contributed by atoms with Crippen molar-refractivity contribution in [3.63, 3.8) is 0 Å². The first-order valence-corrected chi connectivity index (χ1v) is 7.89. The predicted molar refractivity (Wildman–Crippen MR) is 77.0 cm³/mol. The largest absolute Gasteiger partial charge is 0.356 e. The van der Waals surface area contributed by atoms with Crippen LogP contribution in [0, 0.1) is 5.41 Å². The van der Waals surface area contributed by atoms with Gasteiger partial charge < -0.3 is 10.2 Å². The Bertz CT molecular complexity index is 434. The summed E-state index contributed by atoms with van der Waals surface area (Å²) in [6, 6.07) is 0. The Kier molecular flexibility index (Phi) is 3.81. The van der Waals surface area contributed by atoms with Gasteiger partial charge in [-0.15, -0.1) is 0 Å². The van der Waals surface area contributed by atoms with E-state index in [9.17, 15) is 9.59 Å². The summed E-state index contributed by atoms with van der Waals surface area (Å²) in [5, 5.41) is 2.94. The van der Waals surface area contributed by atoms with Gasteiger partial charge in [-0.2, -0.15) is 0 Å². The quantitative estimate of drug-likeness (QED) is 0.784. The number of likely N-dealkylation sites (tertiary alicyclic amines) is 1. The van der Waals surface area contributed by atoms with Crippen LogP contribution in [-0.2, 0) is 9.59 Å². The van der Waals surface area contributed by atoms with Crippen LogP contribution in [-0.4, -0.2) is 36.3 Å². The Hall–Kier alpha value is -1.32. The van der Waals surface area contributed by atoms with Crippen LogP contribution in [0.2, 0.25) is 0 Å². The smallest absolute Gasteiger partial charge is 0.226 e. The van der Waals surface area contributed by atoms with Crippen molar-refractivity contribution < 1.29 is 9.59 Å². The average molecular weight is 276 g/mol. The lowest BCUT2D eigenvalue weighted by molar-refractivity contribution is -0.132. The first-order chi connectivity index (χ1) is 9.67. The van der Waals surface area contributed by atoms with E-state index in [-0.39, 0.29) is 17.2 Å². The van der Waals surface area contributed by atoms with Crippen molar-refractivity contribution in [2.24, 2.45) is 5.41 Å².